The van der Waals surface area contributed by atoms with E-state index in [1.54, 1.807) is 48.5 Å². The van der Waals surface area contributed by atoms with E-state index in [9.17, 15) is 9.59 Å². The van der Waals surface area contributed by atoms with Crippen LogP contribution in [0.5, 0.6) is 0 Å². The minimum Gasteiger partial charge on any atom is -0.450 e. The van der Waals surface area contributed by atoms with E-state index in [0.717, 1.165) is 5.56 Å². The van der Waals surface area contributed by atoms with Crippen molar-refractivity contribution >= 4 is 46.0 Å². The highest BCUT2D eigenvalue weighted by Crippen LogP contribution is 2.32. The van der Waals surface area contributed by atoms with Crippen LogP contribution in [0.4, 0.5) is 5.69 Å². The number of furan rings is 1. The lowest BCUT2D eigenvalue weighted by Gasteiger charge is -2.04. The van der Waals surface area contributed by atoms with Crippen LogP contribution in [-0.4, -0.2) is 11.7 Å². The fourth-order valence-corrected chi connectivity index (χ4v) is 3.19. The van der Waals surface area contributed by atoms with Crippen LogP contribution in [0, 0.1) is 0 Å². The predicted octanol–water partition coefficient (Wildman–Crippen LogP) is 5.97. The van der Waals surface area contributed by atoms with Gasteiger partial charge in [0.05, 0.1) is 5.69 Å². The SMILES string of the molecule is O=C(C=Cc1ccccc1Cl)Nc1c(C(=O)c2ccccc2)oc2ccccc12. The van der Waals surface area contributed by atoms with Gasteiger partial charge in [-0.1, -0.05) is 72.3 Å². The van der Waals surface area contributed by atoms with Crippen LogP contribution in [0.1, 0.15) is 21.7 Å². The third-order valence-corrected chi connectivity index (χ3v) is 4.75. The monoisotopic (exact) mass is 401 g/mol. The van der Waals surface area contributed by atoms with Gasteiger partial charge in [-0.25, -0.2) is 0 Å². The maximum atomic E-state index is 13.0. The lowest BCUT2D eigenvalue weighted by atomic mass is 10.1. The summed E-state index contributed by atoms with van der Waals surface area (Å²) in [6.45, 7) is 0. The maximum Gasteiger partial charge on any atom is 0.248 e. The number of amides is 1. The molecule has 0 fully saturated rings. The minimum absolute atomic E-state index is 0.0943. The zero-order valence-corrected chi connectivity index (χ0v) is 16.0. The molecule has 0 aliphatic rings. The molecule has 0 aliphatic heterocycles. The number of hydrogen-bond donors (Lipinski definition) is 1. The fraction of sp³-hybridized carbons (Fsp3) is 0. The number of ketones is 1. The Morgan fingerprint density at radius 2 is 1.55 bits per heavy atom. The molecule has 0 aliphatic carbocycles. The highest BCUT2D eigenvalue weighted by molar-refractivity contribution is 6.32. The average Bonchev–Trinajstić information content (AvgIpc) is 3.11. The Balaban J connectivity index is 1.68. The van der Waals surface area contributed by atoms with Gasteiger partial charge in [0.2, 0.25) is 11.7 Å². The molecular weight excluding hydrogens is 386 g/mol. The first-order valence-electron chi connectivity index (χ1n) is 8.98. The summed E-state index contributed by atoms with van der Waals surface area (Å²) in [7, 11) is 0. The van der Waals surface area contributed by atoms with Crippen molar-refractivity contribution in [2.24, 2.45) is 0 Å². The van der Waals surface area contributed by atoms with Crippen LogP contribution < -0.4 is 5.32 Å². The summed E-state index contributed by atoms with van der Waals surface area (Å²) in [5.74, 6) is -0.595. The molecule has 0 saturated carbocycles. The van der Waals surface area contributed by atoms with Gasteiger partial charge in [0.15, 0.2) is 5.76 Å². The lowest BCUT2D eigenvalue weighted by Crippen LogP contribution is -2.11. The second-order valence-electron chi connectivity index (χ2n) is 6.34. The number of para-hydroxylation sites is 1. The first-order valence-corrected chi connectivity index (χ1v) is 9.36. The Morgan fingerprint density at radius 1 is 0.862 bits per heavy atom. The predicted molar refractivity (Wildman–Crippen MR) is 115 cm³/mol. The normalized spacial score (nSPS) is 11.1. The zero-order chi connectivity index (χ0) is 20.2. The van der Waals surface area contributed by atoms with Gasteiger partial charge in [0.1, 0.15) is 5.58 Å². The van der Waals surface area contributed by atoms with Gasteiger partial charge >= 0.3 is 0 Å². The molecular formula is C24H16ClNO3. The number of anilines is 1. The Bertz CT molecular complexity index is 1230. The number of nitrogens with one attached hydrogen (secondary N) is 1. The summed E-state index contributed by atoms with van der Waals surface area (Å²) < 4.78 is 5.79. The van der Waals surface area contributed by atoms with Gasteiger partial charge in [-0.2, -0.15) is 0 Å². The Morgan fingerprint density at radius 3 is 2.34 bits per heavy atom. The number of halogens is 1. The lowest BCUT2D eigenvalue weighted by molar-refractivity contribution is -0.111. The van der Waals surface area contributed by atoms with Crippen molar-refractivity contribution < 1.29 is 14.0 Å². The number of carbonyl (C=O) groups excluding carboxylic acids is 2. The molecule has 3 aromatic carbocycles. The summed E-state index contributed by atoms with van der Waals surface area (Å²) in [6.07, 6.45) is 3.00. The van der Waals surface area contributed by atoms with E-state index in [2.05, 4.69) is 5.32 Å². The molecule has 0 atom stereocenters. The quantitative estimate of drug-likeness (QED) is 0.331. The molecule has 1 N–H and O–H groups in total. The van der Waals surface area contributed by atoms with Crippen molar-refractivity contribution in [2.45, 2.75) is 0 Å². The third kappa shape index (κ3) is 3.98. The van der Waals surface area contributed by atoms with E-state index in [0.29, 0.717) is 27.2 Å². The van der Waals surface area contributed by atoms with Crippen LogP contribution >= 0.6 is 11.6 Å². The summed E-state index contributed by atoms with van der Waals surface area (Å²) in [5.41, 5.74) is 2.08. The number of rotatable bonds is 5. The smallest absolute Gasteiger partial charge is 0.248 e. The van der Waals surface area contributed by atoms with E-state index in [4.69, 9.17) is 16.0 Å². The molecule has 1 aromatic heterocycles. The maximum absolute atomic E-state index is 13.0. The molecule has 0 radical (unpaired) electrons. The van der Waals surface area contributed by atoms with Gasteiger partial charge in [-0.3, -0.25) is 9.59 Å². The summed E-state index contributed by atoms with van der Waals surface area (Å²) in [5, 5.41) is 4.00. The largest absolute Gasteiger partial charge is 0.450 e. The Hall–Kier alpha value is -3.63. The zero-order valence-electron chi connectivity index (χ0n) is 15.3. The number of benzene rings is 3. The summed E-state index contributed by atoms with van der Waals surface area (Å²) in [4.78, 5) is 25.5. The number of hydrogen-bond acceptors (Lipinski definition) is 3. The van der Waals surface area contributed by atoms with E-state index < -0.39 is 5.91 Å². The van der Waals surface area contributed by atoms with Crippen molar-refractivity contribution in [1.82, 2.24) is 0 Å². The molecule has 4 rings (SSSR count). The molecule has 5 heteroatoms. The highest BCUT2D eigenvalue weighted by Gasteiger charge is 2.22. The molecule has 0 saturated heterocycles. The minimum atomic E-state index is -0.390. The third-order valence-electron chi connectivity index (χ3n) is 4.41. The molecule has 0 spiro atoms. The van der Waals surface area contributed by atoms with Gasteiger partial charge in [0, 0.05) is 22.0 Å². The van der Waals surface area contributed by atoms with Gasteiger partial charge in [-0.15, -0.1) is 0 Å². The van der Waals surface area contributed by atoms with E-state index in [-0.39, 0.29) is 11.5 Å². The van der Waals surface area contributed by atoms with Crippen molar-refractivity contribution in [3.63, 3.8) is 0 Å². The van der Waals surface area contributed by atoms with Crippen molar-refractivity contribution in [3.05, 3.63) is 107 Å². The van der Waals surface area contributed by atoms with E-state index >= 15 is 0 Å². The fourth-order valence-electron chi connectivity index (χ4n) is 2.99. The highest BCUT2D eigenvalue weighted by atomic mass is 35.5. The molecule has 142 valence electrons. The molecule has 4 nitrogen and oxygen atoms in total. The van der Waals surface area contributed by atoms with Gasteiger partial charge in [-0.05, 0) is 29.8 Å². The molecule has 4 aromatic rings. The Kier molecular flexibility index (Phi) is 5.27. The van der Waals surface area contributed by atoms with E-state index in [1.807, 2.05) is 36.4 Å². The van der Waals surface area contributed by atoms with Crippen LogP contribution in [0.3, 0.4) is 0 Å². The van der Waals surface area contributed by atoms with Gasteiger partial charge in [0.25, 0.3) is 0 Å². The second-order valence-corrected chi connectivity index (χ2v) is 6.75. The molecule has 1 amide bonds. The molecule has 0 bridgehead atoms. The van der Waals surface area contributed by atoms with Gasteiger partial charge < -0.3 is 9.73 Å². The first kappa shape index (κ1) is 18.7. The van der Waals surface area contributed by atoms with Crippen LogP contribution in [0.2, 0.25) is 5.02 Å². The van der Waals surface area contributed by atoms with E-state index in [1.165, 1.54) is 6.08 Å². The van der Waals surface area contributed by atoms with Crippen molar-refractivity contribution in [1.29, 1.82) is 0 Å². The summed E-state index contributed by atoms with van der Waals surface area (Å²) >= 11 is 6.12. The van der Waals surface area contributed by atoms with Crippen molar-refractivity contribution in [2.75, 3.05) is 5.32 Å². The van der Waals surface area contributed by atoms with Crippen LogP contribution in [0.15, 0.2) is 89.4 Å². The summed E-state index contributed by atoms with van der Waals surface area (Å²) in [6, 6.07) is 23.2. The van der Waals surface area contributed by atoms with Crippen LogP contribution in [-0.2, 0) is 4.79 Å². The first-order chi connectivity index (χ1) is 14.1. The number of fused-ring (bicyclic) bond motifs is 1. The molecule has 29 heavy (non-hydrogen) atoms. The standard InChI is InChI=1S/C24H16ClNO3/c25-19-12-6-4-8-16(19)14-15-21(27)26-22-18-11-5-7-13-20(18)29-24(22)23(28)17-9-2-1-3-10-17/h1-15H,(H,26,27). The Labute approximate surface area is 172 Å². The molecule has 1 heterocycles. The second kappa shape index (κ2) is 8.17. The average molecular weight is 402 g/mol. The van der Waals surface area contributed by atoms with Crippen LogP contribution in [0.25, 0.3) is 17.0 Å². The number of carbonyl (C=O) groups is 2. The van der Waals surface area contributed by atoms with Crippen molar-refractivity contribution in [3.8, 4) is 0 Å². The topological polar surface area (TPSA) is 59.3 Å². The molecule has 0 unspecified atom stereocenters.